The second-order valence-corrected chi connectivity index (χ2v) is 6.37. The van der Waals surface area contributed by atoms with Crippen molar-refractivity contribution in [1.82, 2.24) is 10.6 Å². The summed E-state index contributed by atoms with van der Waals surface area (Å²) in [4.78, 5) is 4.47. The third kappa shape index (κ3) is 7.58. The van der Waals surface area contributed by atoms with Gasteiger partial charge in [-0.15, -0.1) is 6.58 Å². The van der Waals surface area contributed by atoms with Gasteiger partial charge < -0.3 is 24.9 Å². The summed E-state index contributed by atoms with van der Waals surface area (Å²) < 4.78 is 11.0. The summed E-state index contributed by atoms with van der Waals surface area (Å²) in [7, 11) is 0. The van der Waals surface area contributed by atoms with Crippen molar-refractivity contribution in [2.75, 3.05) is 19.6 Å². The van der Waals surface area contributed by atoms with E-state index < -0.39 is 6.10 Å². The van der Waals surface area contributed by atoms with E-state index in [9.17, 15) is 5.11 Å². The maximum Gasteiger partial charge on any atom is 0.191 e. The summed E-state index contributed by atoms with van der Waals surface area (Å²) in [5.74, 6) is 2.27. The predicted octanol–water partition coefficient (Wildman–Crippen LogP) is 3.06. The fourth-order valence-electron chi connectivity index (χ4n) is 2.45. The van der Waals surface area contributed by atoms with Gasteiger partial charge in [0.1, 0.15) is 11.5 Å². The number of benzene rings is 1. The zero-order valence-electron chi connectivity index (χ0n) is 16.0. The molecule has 0 saturated heterocycles. The van der Waals surface area contributed by atoms with Crippen LogP contribution in [0.5, 0.6) is 5.75 Å². The van der Waals surface area contributed by atoms with Crippen LogP contribution in [0.2, 0.25) is 0 Å². The Morgan fingerprint density at radius 2 is 2.15 bits per heavy atom. The van der Waals surface area contributed by atoms with E-state index in [-0.39, 0.29) is 12.6 Å². The highest BCUT2D eigenvalue weighted by Crippen LogP contribution is 2.20. The molecule has 146 valence electrons. The van der Waals surface area contributed by atoms with Crippen molar-refractivity contribution in [1.29, 1.82) is 0 Å². The number of aliphatic imine (C=N–C) groups is 1. The van der Waals surface area contributed by atoms with Gasteiger partial charge in [0.15, 0.2) is 5.96 Å². The van der Waals surface area contributed by atoms with Gasteiger partial charge in [0, 0.05) is 19.5 Å². The number of hydrogen-bond acceptors (Lipinski definition) is 4. The molecule has 6 heteroatoms. The van der Waals surface area contributed by atoms with Crippen LogP contribution in [0.1, 0.15) is 31.3 Å². The standard InChI is InChI=1S/C21H29N3O3/c1-4-11-22-21(23-12-10-18-9-6-13-26-18)24-15-20(25)17-7-5-8-19(14-17)27-16(2)3/h4-9,13-14,16,20,25H,1,10-12,15H2,2-3H3,(H2,22,23,24). The Balaban J connectivity index is 1.93. The Bertz CT molecular complexity index is 711. The molecule has 0 fully saturated rings. The number of rotatable bonds is 10. The monoisotopic (exact) mass is 371 g/mol. The molecule has 0 saturated carbocycles. The van der Waals surface area contributed by atoms with Gasteiger partial charge in [-0.2, -0.15) is 0 Å². The van der Waals surface area contributed by atoms with E-state index in [1.54, 1.807) is 12.3 Å². The lowest BCUT2D eigenvalue weighted by molar-refractivity contribution is 0.185. The van der Waals surface area contributed by atoms with Crippen LogP contribution < -0.4 is 15.4 Å². The summed E-state index contributed by atoms with van der Waals surface area (Å²) in [5, 5.41) is 16.9. The molecule has 0 radical (unpaired) electrons. The van der Waals surface area contributed by atoms with Crippen LogP contribution in [-0.4, -0.2) is 36.8 Å². The molecule has 1 aromatic carbocycles. The van der Waals surface area contributed by atoms with Gasteiger partial charge in [0.25, 0.3) is 0 Å². The molecule has 6 nitrogen and oxygen atoms in total. The summed E-state index contributed by atoms with van der Waals surface area (Å²) in [6, 6.07) is 11.3. The summed E-state index contributed by atoms with van der Waals surface area (Å²) in [6.07, 6.45) is 3.54. The number of hydrogen-bond donors (Lipinski definition) is 3. The first-order valence-electron chi connectivity index (χ1n) is 9.18. The molecule has 0 amide bonds. The first-order valence-corrected chi connectivity index (χ1v) is 9.18. The molecule has 0 spiro atoms. The van der Waals surface area contributed by atoms with E-state index in [0.29, 0.717) is 19.0 Å². The molecule has 3 N–H and O–H groups in total. The Kier molecular flexibility index (Phi) is 8.45. The van der Waals surface area contributed by atoms with E-state index in [0.717, 1.165) is 23.5 Å². The summed E-state index contributed by atoms with van der Waals surface area (Å²) in [6.45, 7) is 9.14. The normalized spacial score (nSPS) is 12.7. The summed E-state index contributed by atoms with van der Waals surface area (Å²) >= 11 is 0. The van der Waals surface area contributed by atoms with Gasteiger partial charge in [-0.1, -0.05) is 18.2 Å². The average molecular weight is 371 g/mol. The van der Waals surface area contributed by atoms with E-state index in [1.165, 1.54) is 0 Å². The lowest BCUT2D eigenvalue weighted by Gasteiger charge is -2.15. The number of ether oxygens (including phenoxy) is 1. The molecule has 0 aliphatic rings. The smallest absolute Gasteiger partial charge is 0.191 e. The van der Waals surface area contributed by atoms with Crippen molar-refractivity contribution in [2.45, 2.75) is 32.5 Å². The van der Waals surface area contributed by atoms with E-state index >= 15 is 0 Å². The molecule has 0 aliphatic carbocycles. The van der Waals surface area contributed by atoms with E-state index in [4.69, 9.17) is 9.15 Å². The van der Waals surface area contributed by atoms with Crippen molar-refractivity contribution in [2.24, 2.45) is 4.99 Å². The number of aliphatic hydroxyl groups excluding tert-OH is 1. The zero-order valence-corrected chi connectivity index (χ0v) is 16.0. The molecule has 1 aromatic heterocycles. The Hall–Kier alpha value is -2.73. The molecule has 0 bridgehead atoms. The highest BCUT2D eigenvalue weighted by atomic mass is 16.5. The number of nitrogens with one attached hydrogen (secondary N) is 2. The molecule has 1 unspecified atom stereocenters. The molecular weight excluding hydrogens is 342 g/mol. The van der Waals surface area contributed by atoms with Crippen molar-refractivity contribution in [3.63, 3.8) is 0 Å². The topological polar surface area (TPSA) is 79.0 Å². The van der Waals surface area contributed by atoms with Crippen molar-refractivity contribution >= 4 is 5.96 Å². The first-order chi connectivity index (χ1) is 13.1. The predicted molar refractivity (Wildman–Crippen MR) is 108 cm³/mol. The van der Waals surface area contributed by atoms with E-state index in [1.807, 2.05) is 50.2 Å². The first kappa shape index (κ1) is 20.6. The number of aliphatic hydroxyl groups is 1. The van der Waals surface area contributed by atoms with Gasteiger partial charge in [0.2, 0.25) is 0 Å². The van der Waals surface area contributed by atoms with Crippen LogP contribution in [0.15, 0.2) is 64.7 Å². The second-order valence-electron chi connectivity index (χ2n) is 6.37. The van der Waals surface area contributed by atoms with Crippen LogP contribution in [0.3, 0.4) is 0 Å². The fourth-order valence-corrected chi connectivity index (χ4v) is 2.45. The SMILES string of the molecule is C=CCNC(=NCC(O)c1cccc(OC(C)C)c1)NCCc1ccco1. The van der Waals surface area contributed by atoms with Crippen LogP contribution in [-0.2, 0) is 6.42 Å². The average Bonchev–Trinajstić information content (AvgIpc) is 3.16. The Morgan fingerprint density at radius 1 is 1.30 bits per heavy atom. The Labute approximate surface area is 161 Å². The van der Waals surface area contributed by atoms with Gasteiger partial charge in [-0.3, -0.25) is 4.99 Å². The van der Waals surface area contributed by atoms with Crippen LogP contribution >= 0.6 is 0 Å². The quantitative estimate of drug-likeness (QED) is 0.340. The molecule has 2 aromatic rings. The highest BCUT2D eigenvalue weighted by Gasteiger charge is 2.09. The van der Waals surface area contributed by atoms with Crippen molar-refractivity contribution in [3.05, 3.63) is 66.6 Å². The van der Waals surface area contributed by atoms with Crippen LogP contribution in [0, 0.1) is 0 Å². The lowest BCUT2D eigenvalue weighted by Crippen LogP contribution is -2.38. The molecular formula is C21H29N3O3. The third-order valence-electron chi connectivity index (χ3n) is 3.69. The molecule has 1 heterocycles. The molecule has 1 atom stereocenters. The summed E-state index contributed by atoms with van der Waals surface area (Å²) in [5.41, 5.74) is 0.774. The van der Waals surface area contributed by atoms with Crippen molar-refractivity contribution in [3.8, 4) is 5.75 Å². The minimum Gasteiger partial charge on any atom is -0.491 e. The van der Waals surface area contributed by atoms with Gasteiger partial charge in [-0.25, -0.2) is 0 Å². The second kappa shape index (κ2) is 11.1. The number of furan rings is 1. The van der Waals surface area contributed by atoms with Gasteiger partial charge in [-0.05, 0) is 43.7 Å². The van der Waals surface area contributed by atoms with Crippen molar-refractivity contribution < 1.29 is 14.3 Å². The third-order valence-corrected chi connectivity index (χ3v) is 3.69. The highest BCUT2D eigenvalue weighted by molar-refractivity contribution is 5.79. The Morgan fingerprint density at radius 3 is 2.85 bits per heavy atom. The number of nitrogens with zero attached hydrogens (tertiary/aromatic N) is 1. The van der Waals surface area contributed by atoms with Gasteiger partial charge >= 0.3 is 0 Å². The molecule has 27 heavy (non-hydrogen) atoms. The van der Waals surface area contributed by atoms with Crippen LogP contribution in [0.4, 0.5) is 0 Å². The number of guanidine groups is 1. The van der Waals surface area contributed by atoms with Gasteiger partial charge in [0.05, 0.1) is 25.0 Å². The fraction of sp³-hybridized carbons (Fsp3) is 0.381. The maximum atomic E-state index is 10.5. The minimum atomic E-state index is -0.715. The molecule has 0 aliphatic heterocycles. The zero-order chi connectivity index (χ0) is 19.5. The maximum absolute atomic E-state index is 10.5. The minimum absolute atomic E-state index is 0.0866. The van der Waals surface area contributed by atoms with Crippen LogP contribution in [0.25, 0.3) is 0 Å². The lowest BCUT2D eigenvalue weighted by atomic mass is 10.1. The van der Waals surface area contributed by atoms with E-state index in [2.05, 4.69) is 22.2 Å². The largest absolute Gasteiger partial charge is 0.491 e. The molecule has 2 rings (SSSR count).